The van der Waals surface area contributed by atoms with E-state index in [2.05, 4.69) is 50.5 Å². The summed E-state index contributed by atoms with van der Waals surface area (Å²) < 4.78 is 0. The van der Waals surface area contributed by atoms with Gasteiger partial charge in [-0.25, -0.2) is 9.97 Å². The first-order chi connectivity index (χ1) is 10.3. The van der Waals surface area contributed by atoms with Gasteiger partial charge in [0.05, 0.1) is 5.69 Å². The number of nitrogens with one attached hydrogen (secondary N) is 1. The van der Waals surface area contributed by atoms with Crippen molar-refractivity contribution >= 4 is 5.95 Å². The number of benzene rings is 1. The lowest BCUT2D eigenvalue weighted by molar-refractivity contribution is 0.243. The van der Waals surface area contributed by atoms with Gasteiger partial charge in [0, 0.05) is 50.9 Å². The highest BCUT2D eigenvalue weighted by Crippen LogP contribution is 2.19. The number of hydrogen-bond acceptors (Lipinski definition) is 5. The topological polar surface area (TPSA) is 67.1 Å². The molecule has 3 rings (SSSR count). The molecule has 1 aromatic carbocycles. The molecule has 0 aliphatic carbocycles. The first-order valence-electron chi connectivity index (χ1n) is 7.40. The third-order valence-electron chi connectivity index (χ3n) is 3.69. The average molecular weight is 283 g/mol. The van der Waals surface area contributed by atoms with Crippen LogP contribution in [0.2, 0.25) is 0 Å². The lowest BCUT2D eigenvalue weighted by atomic mass is 10.1. The molecule has 5 nitrogen and oxygen atoms in total. The lowest BCUT2D eigenvalue weighted by Gasteiger charge is -2.28. The maximum atomic E-state index is 5.48. The van der Waals surface area contributed by atoms with Crippen LogP contribution in [0.5, 0.6) is 0 Å². The van der Waals surface area contributed by atoms with Crippen LogP contribution >= 0.6 is 0 Å². The molecule has 0 atom stereocenters. The van der Waals surface area contributed by atoms with Gasteiger partial charge < -0.3 is 11.1 Å². The van der Waals surface area contributed by atoms with Crippen LogP contribution in [-0.2, 0) is 19.5 Å². The average Bonchev–Trinajstić information content (AvgIpc) is 2.54. The molecule has 0 fully saturated rings. The zero-order chi connectivity index (χ0) is 14.5. The standard InChI is InChI=1S/C16H21N5/c17-7-8-18-16-19-10-14-12-21(9-6-15(14)20-16)11-13-4-2-1-3-5-13/h1-5,10H,6-9,11-12,17H2,(H,18,19,20). The Morgan fingerprint density at radius 3 is 2.90 bits per heavy atom. The molecule has 0 saturated heterocycles. The maximum absolute atomic E-state index is 5.48. The Morgan fingerprint density at radius 1 is 1.24 bits per heavy atom. The number of anilines is 1. The molecule has 1 aromatic heterocycles. The van der Waals surface area contributed by atoms with Crippen LogP contribution in [0.3, 0.4) is 0 Å². The molecule has 5 heteroatoms. The van der Waals surface area contributed by atoms with Gasteiger partial charge in [-0.3, -0.25) is 4.90 Å². The first-order valence-corrected chi connectivity index (χ1v) is 7.40. The van der Waals surface area contributed by atoms with Crippen molar-refractivity contribution in [3.63, 3.8) is 0 Å². The van der Waals surface area contributed by atoms with E-state index in [-0.39, 0.29) is 0 Å². The molecular weight excluding hydrogens is 262 g/mol. The van der Waals surface area contributed by atoms with E-state index < -0.39 is 0 Å². The number of nitrogens with two attached hydrogens (primary N) is 1. The van der Waals surface area contributed by atoms with Gasteiger partial charge in [0.25, 0.3) is 0 Å². The molecule has 0 unspecified atom stereocenters. The molecule has 0 spiro atoms. The van der Waals surface area contributed by atoms with Crippen LogP contribution in [-0.4, -0.2) is 34.5 Å². The van der Waals surface area contributed by atoms with Crippen LogP contribution in [0.15, 0.2) is 36.5 Å². The van der Waals surface area contributed by atoms with Gasteiger partial charge in [0.1, 0.15) is 0 Å². The summed E-state index contributed by atoms with van der Waals surface area (Å²) in [6, 6.07) is 10.6. The molecule has 1 aliphatic rings. The van der Waals surface area contributed by atoms with Gasteiger partial charge in [-0.15, -0.1) is 0 Å². The van der Waals surface area contributed by atoms with Crippen LogP contribution in [0.1, 0.15) is 16.8 Å². The zero-order valence-corrected chi connectivity index (χ0v) is 12.1. The molecule has 3 N–H and O–H groups in total. The summed E-state index contributed by atoms with van der Waals surface area (Å²) in [5, 5.41) is 3.13. The second-order valence-electron chi connectivity index (χ2n) is 5.33. The lowest BCUT2D eigenvalue weighted by Crippen LogP contribution is -2.31. The normalized spacial score (nSPS) is 14.7. The molecule has 2 heterocycles. The summed E-state index contributed by atoms with van der Waals surface area (Å²) in [4.78, 5) is 11.4. The van der Waals surface area contributed by atoms with Crippen LogP contribution in [0.4, 0.5) is 5.95 Å². The summed E-state index contributed by atoms with van der Waals surface area (Å²) in [5.41, 5.74) is 9.22. The quantitative estimate of drug-likeness (QED) is 0.868. The van der Waals surface area contributed by atoms with Crippen molar-refractivity contribution < 1.29 is 0 Å². The first kappa shape index (κ1) is 14.0. The van der Waals surface area contributed by atoms with E-state index in [1.165, 1.54) is 11.1 Å². The minimum atomic E-state index is 0.589. The number of fused-ring (bicyclic) bond motifs is 1. The van der Waals surface area contributed by atoms with E-state index in [4.69, 9.17) is 5.73 Å². The Balaban J connectivity index is 1.65. The Bertz CT molecular complexity index is 584. The molecule has 21 heavy (non-hydrogen) atoms. The molecule has 0 saturated carbocycles. The summed E-state index contributed by atoms with van der Waals surface area (Å²) >= 11 is 0. The van der Waals surface area contributed by atoms with Crippen molar-refractivity contribution in [2.45, 2.75) is 19.5 Å². The van der Waals surface area contributed by atoms with Gasteiger partial charge in [0.15, 0.2) is 0 Å². The molecule has 2 aromatic rings. The molecular formula is C16H21N5. The molecule has 0 amide bonds. The minimum Gasteiger partial charge on any atom is -0.353 e. The van der Waals surface area contributed by atoms with Gasteiger partial charge in [-0.1, -0.05) is 30.3 Å². The fourth-order valence-corrected chi connectivity index (χ4v) is 2.62. The van der Waals surface area contributed by atoms with Crippen molar-refractivity contribution in [1.29, 1.82) is 0 Å². The van der Waals surface area contributed by atoms with E-state index in [0.29, 0.717) is 19.0 Å². The van der Waals surface area contributed by atoms with Gasteiger partial charge in [0.2, 0.25) is 5.95 Å². The summed E-state index contributed by atoms with van der Waals surface area (Å²) in [5.74, 6) is 0.690. The Kier molecular flexibility index (Phi) is 4.43. The highest BCUT2D eigenvalue weighted by Gasteiger charge is 2.18. The third-order valence-corrected chi connectivity index (χ3v) is 3.69. The second kappa shape index (κ2) is 6.65. The number of nitrogens with zero attached hydrogens (tertiary/aromatic N) is 3. The summed E-state index contributed by atoms with van der Waals surface area (Å²) in [6.07, 6.45) is 2.92. The highest BCUT2D eigenvalue weighted by molar-refractivity contribution is 5.31. The summed E-state index contributed by atoms with van der Waals surface area (Å²) in [7, 11) is 0. The summed E-state index contributed by atoms with van der Waals surface area (Å²) in [6.45, 7) is 4.23. The van der Waals surface area contributed by atoms with E-state index in [0.717, 1.165) is 31.7 Å². The smallest absolute Gasteiger partial charge is 0.222 e. The SMILES string of the molecule is NCCNc1ncc2c(n1)CCN(Cc1ccccc1)C2. The molecule has 1 aliphatic heterocycles. The van der Waals surface area contributed by atoms with Crippen LogP contribution in [0.25, 0.3) is 0 Å². The Hall–Kier alpha value is -1.98. The predicted molar refractivity (Wildman–Crippen MR) is 83.8 cm³/mol. The Labute approximate surface area is 125 Å². The van der Waals surface area contributed by atoms with Crippen molar-refractivity contribution in [1.82, 2.24) is 14.9 Å². The zero-order valence-electron chi connectivity index (χ0n) is 12.1. The molecule has 110 valence electrons. The fourth-order valence-electron chi connectivity index (χ4n) is 2.62. The van der Waals surface area contributed by atoms with Gasteiger partial charge in [-0.05, 0) is 5.56 Å². The predicted octanol–water partition coefficient (Wildman–Crippen LogP) is 1.41. The monoisotopic (exact) mass is 283 g/mol. The van der Waals surface area contributed by atoms with Crippen molar-refractivity contribution in [2.24, 2.45) is 5.73 Å². The van der Waals surface area contributed by atoms with E-state index in [9.17, 15) is 0 Å². The van der Waals surface area contributed by atoms with Crippen LogP contribution < -0.4 is 11.1 Å². The van der Waals surface area contributed by atoms with Crippen molar-refractivity contribution in [3.8, 4) is 0 Å². The van der Waals surface area contributed by atoms with Gasteiger partial charge in [-0.2, -0.15) is 0 Å². The van der Waals surface area contributed by atoms with E-state index >= 15 is 0 Å². The van der Waals surface area contributed by atoms with Crippen LogP contribution in [0, 0.1) is 0 Å². The minimum absolute atomic E-state index is 0.589. The number of aromatic nitrogens is 2. The highest BCUT2D eigenvalue weighted by atomic mass is 15.2. The second-order valence-corrected chi connectivity index (χ2v) is 5.33. The third kappa shape index (κ3) is 3.56. The molecule has 0 bridgehead atoms. The number of rotatable bonds is 5. The maximum Gasteiger partial charge on any atom is 0.222 e. The van der Waals surface area contributed by atoms with E-state index in [1.54, 1.807) is 0 Å². The number of hydrogen-bond donors (Lipinski definition) is 2. The molecule has 0 radical (unpaired) electrons. The largest absolute Gasteiger partial charge is 0.353 e. The van der Waals surface area contributed by atoms with Crippen molar-refractivity contribution in [3.05, 3.63) is 53.3 Å². The fraction of sp³-hybridized carbons (Fsp3) is 0.375. The Morgan fingerprint density at radius 2 is 2.10 bits per heavy atom. The van der Waals surface area contributed by atoms with Gasteiger partial charge >= 0.3 is 0 Å². The van der Waals surface area contributed by atoms with Crippen molar-refractivity contribution in [2.75, 3.05) is 25.0 Å². The van der Waals surface area contributed by atoms with E-state index in [1.807, 2.05) is 6.20 Å².